The second-order valence-electron chi connectivity index (χ2n) is 9.72. The van der Waals surface area contributed by atoms with Crippen LogP contribution in [0.1, 0.15) is 162 Å². The first kappa shape index (κ1) is 29.8. The van der Waals surface area contributed by atoms with Crippen LogP contribution in [0.15, 0.2) is 0 Å². The molecule has 0 nitrogen and oxygen atoms in total. The molecule has 0 N–H and O–H groups in total. The van der Waals surface area contributed by atoms with E-state index in [9.17, 15) is 0 Å². The molecule has 0 saturated heterocycles. The first-order valence-electron chi connectivity index (χ1n) is 14.2. The van der Waals surface area contributed by atoms with Gasteiger partial charge in [0, 0.05) is 0 Å². The molecular weight excluding hydrogens is 455 g/mol. The van der Waals surface area contributed by atoms with Crippen LogP contribution in [0.5, 0.6) is 0 Å². The van der Waals surface area contributed by atoms with Crippen LogP contribution >= 0.6 is 0 Å². The van der Waals surface area contributed by atoms with Gasteiger partial charge in [-0.1, -0.05) is 0 Å². The van der Waals surface area contributed by atoms with Crippen molar-refractivity contribution in [1.29, 1.82) is 0 Å². The summed E-state index contributed by atoms with van der Waals surface area (Å²) in [4.78, 5) is 0. The van der Waals surface area contributed by atoms with Crippen LogP contribution in [0.25, 0.3) is 0 Å². The predicted octanol–water partition coefficient (Wildman–Crippen LogP) is 11.1. The number of rotatable bonds is 25. The third-order valence-corrected chi connectivity index (χ3v) is 15.7. The van der Waals surface area contributed by atoms with E-state index in [0.717, 1.165) is 0 Å². The molecular formula is C28H59Sn. The zero-order chi connectivity index (χ0) is 21.3. The molecule has 0 aliphatic heterocycles. The van der Waals surface area contributed by atoms with Gasteiger partial charge in [0.05, 0.1) is 0 Å². The Balaban J connectivity index is 3.52. The predicted molar refractivity (Wildman–Crippen MR) is 139 cm³/mol. The van der Waals surface area contributed by atoms with Crippen molar-refractivity contribution in [2.45, 2.75) is 175 Å². The molecule has 0 heterocycles. The van der Waals surface area contributed by atoms with E-state index in [4.69, 9.17) is 0 Å². The Kier molecular flexibility index (Phi) is 27.6. The van der Waals surface area contributed by atoms with Crippen molar-refractivity contribution in [3.05, 3.63) is 0 Å². The molecule has 0 spiro atoms. The van der Waals surface area contributed by atoms with Crippen LogP contribution < -0.4 is 0 Å². The Morgan fingerprint density at radius 1 is 0.276 bits per heavy atom. The summed E-state index contributed by atoms with van der Waals surface area (Å²) in [5.74, 6) is 0. The van der Waals surface area contributed by atoms with Crippen LogP contribution in [0.2, 0.25) is 13.3 Å². The summed E-state index contributed by atoms with van der Waals surface area (Å²) in [5, 5.41) is 0. The molecule has 1 heteroatoms. The van der Waals surface area contributed by atoms with Crippen molar-refractivity contribution in [2.75, 3.05) is 0 Å². The van der Waals surface area contributed by atoms with E-state index in [1.165, 1.54) is 109 Å². The maximum absolute atomic E-state index is 2.39. The van der Waals surface area contributed by atoms with Crippen molar-refractivity contribution in [1.82, 2.24) is 0 Å². The van der Waals surface area contributed by atoms with Gasteiger partial charge in [-0.15, -0.1) is 0 Å². The van der Waals surface area contributed by atoms with E-state index in [1.54, 1.807) is 45.4 Å². The standard InChI is InChI=1S/2C12H25.C4H9.Sn/c2*1-3-5-7-9-11-12-10-8-6-4-2;1-3-4-2;/h2*1,3-12H2,2H3;1,3-4H2,2H3;. The Morgan fingerprint density at radius 3 is 0.828 bits per heavy atom. The summed E-state index contributed by atoms with van der Waals surface area (Å²) in [6.07, 6.45) is 32.9. The monoisotopic (exact) mass is 515 g/mol. The third kappa shape index (κ3) is 24.9. The Labute approximate surface area is 194 Å². The van der Waals surface area contributed by atoms with E-state index >= 15 is 0 Å². The molecule has 0 rings (SSSR count). The van der Waals surface area contributed by atoms with Crippen molar-refractivity contribution in [3.63, 3.8) is 0 Å². The van der Waals surface area contributed by atoms with Gasteiger partial charge in [-0.25, -0.2) is 0 Å². The van der Waals surface area contributed by atoms with E-state index < -0.39 is 19.8 Å². The molecule has 0 aromatic carbocycles. The van der Waals surface area contributed by atoms with Gasteiger partial charge in [0.2, 0.25) is 0 Å². The van der Waals surface area contributed by atoms with Crippen LogP contribution in [-0.4, -0.2) is 19.8 Å². The SMILES string of the molecule is CCCCCCCCCCC[CH2][Sn]([CH2]CCC)[CH2]CCCCCCCCCCC. The van der Waals surface area contributed by atoms with Gasteiger partial charge in [-0.3, -0.25) is 0 Å². The summed E-state index contributed by atoms with van der Waals surface area (Å²) >= 11 is -1.01. The van der Waals surface area contributed by atoms with Gasteiger partial charge in [-0.2, -0.15) is 0 Å². The van der Waals surface area contributed by atoms with Gasteiger partial charge in [-0.05, 0) is 0 Å². The fourth-order valence-electron chi connectivity index (χ4n) is 4.53. The molecule has 0 atom stereocenters. The third-order valence-electron chi connectivity index (χ3n) is 6.65. The Bertz CT molecular complexity index is 251. The molecule has 0 aromatic rings. The summed E-state index contributed by atoms with van der Waals surface area (Å²) in [7, 11) is 0. The summed E-state index contributed by atoms with van der Waals surface area (Å²) in [6.45, 7) is 7.02. The van der Waals surface area contributed by atoms with Crippen LogP contribution in [0, 0.1) is 0 Å². The number of unbranched alkanes of at least 4 members (excludes halogenated alkanes) is 19. The minimum atomic E-state index is -1.01. The number of hydrogen-bond acceptors (Lipinski definition) is 0. The average Bonchev–Trinajstić information content (AvgIpc) is 2.74. The molecule has 1 radical (unpaired) electrons. The fourth-order valence-corrected chi connectivity index (χ4v) is 13.4. The molecule has 0 amide bonds. The summed E-state index contributed by atoms with van der Waals surface area (Å²) in [6, 6.07) is 0. The van der Waals surface area contributed by atoms with Crippen molar-refractivity contribution >= 4 is 19.8 Å². The first-order chi connectivity index (χ1) is 14.3. The van der Waals surface area contributed by atoms with Crippen molar-refractivity contribution in [2.24, 2.45) is 0 Å². The molecule has 0 saturated carbocycles. The van der Waals surface area contributed by atoms with E-state index in [2.05, 4.69) is 20.8 Å². The van der Waals surface area contributed by atoms with E-state index in [0.29, 0.717) is 0 Å². The zero-order valence-corrected chi connectivity index (χ0v) is 24.0. The maximum atomic E-state index is 2.39. The molecule has 0 fully saturated rings. The zero-order valence-electron chi connectivity index (χ0n) is 21.2. The molecule has 29 heavy (non-hydrogen) atoms. The topological polar surface area (TPSA) is 0 Å². The van der Waals surface area contributed by atoms with Gasteiger partial charge < -0.3 is 0 Å². The van der Waals surface area contributed by atoms with Gasteiger partial charge >= 0.3 is 195 Å². The van der Waals surface area contributed by atoms with Crippen LogP contribution in [0.3, 0.4) is 0 Å². The molecule has 0 bridgehead atoms. The average molecular weight is 514 g/mol. The van der Waals surface area contributed by atoms with E-state index in [-0.39, 0.29) is 0 Å². The Morgan fingerprint density at radius 2 is 0.517 bits per heavy atom. The second kappa shape index (κ2) is 26.8. The van der Waals surface area contributed by atoms with Crippen molar-refractivity contribution in [3.8, 4) is 0 Å². The summed E-state index contributed by atoms with van der Waals surface area (Å²) in [5.41, 5.74) is 0. The first-order valence-corrected chi connectivity index (χ1v) is 20.2. The normalized spacial score (nSPS) is 11.6. The molecule has 175 valence electrons. The minimum absolute atomic E-state index is 1.01. The van der Waals surface area contributed by atoms with Crippen LogP contribution in [-0.2, 0) is 0 Å². The molecule has 0 aliphatic carbocycles. The summed E-state index contributed by atoms with van der Waals surface area (Å²) < 4.78 is 5.14. The Hall–Kier alpha value is 0.799. The van der Waals surface area contributed by atoms with E-state index in [1.807, 2.05) is 0 Å². The molecule has 0 unspecified atom stereocenters. The molecule has 0 aliphatic rings. The van der Waals surface area contributed by atoms with Crippen molar-refractivity contribution < 1.29 is 0 Å². The van der Waals surface area contributed by atoms with Gasteiger partial charge in [0.1, 0.15) is 0 Å². The number of hydrogen-bond donors (Lipinski definition) is 0. The van der Waals surface area contributed by atoms with Gasteiger partial charge in [0.15, 0.2) is 0 Å². The van der Waals surface area contributed by atoms with Gasteiger partial charge in [0.25, 0.3) is 0 Å². The fraction of sp³-hybridized carbons (Fsp3) is 1.00. The molecule has 0 aromatic heterocycles. The van der Waals surface area contributed by atoms with Crippen LogP contribution in [0.4, 0.5) is 0 Å². The quantitative estimate of drug-likeness (QED) is 0.0840. The second-order valence-corrected chi connectivity index (χ2v) is 18.3.